The summed E-state index contributed by atoms with van der Waals surface area (Å²) in [6.07, 6.45) is -2.74. The Kier molecular flexibility index (Phi) is 8.68. The Balaban J connectivity index is 0.00000363. The molecule has 0 bridgehead atoms. The molecule has 1 aromatic carbocycles. The van der Waals surface area contributed by atoms with Crippen LogP contribution in [0.2, 0.25) is 0 Å². The SMILES string of the molecule is COc1cc[n+](-c2nc3ccc(C(F)(F)F)cc3[nH]2)c(CSSCC(N)C(=O)[O-])c1C.Cl. The first-order valence-electron chi connectivity index (χ1n) is 8.98. The van der Waals surface area contributed by atoms with Gasteiger partial charge in [-0.1, -0.05) is 26.6 Å². The molecule has 32 heavy (non-hydrogen) atoms. The summed E-state index contributed by atoms with van der Waals surface area (Å²) in [5.41, 5.74) is 6.97. The largest absolute Gasteiger partial charge is 0.548 e. The average Bonchev–Trinajstić information content (AvgIpc) is 3.14. The molecule has 174 valence electrons. The van der Waals surface area contributed by atoms with Crippen LogP contribution in [0.3, 0.4) is 0 Å². The lowest BCUT2D eigenvalue weighted by atomic mass is 10.2. The van der Waals surface area contributed by atoms with Crippen molar-refractivity contribution in [3.05, 3.63) is 47.3 Å². The van der Waals surface area contributed by atoms with E-state index < -0.39 is 23.8 Å². The van der Waals surface area contributed by atoms with E-state index in [1.807, 2.05) is 6.92 Å². The minimum atomic E-state index is -4.45. The number of benzene rings is 1. The number of H-pyrrole nitrogens is 1. The predicted octanol–water partition coefficient (Wildman–Crippen LogP) is 2.56. The van der Waals surface area contributed by atoms with E-state index in [-0.39, 0.29) is 23.7 Å². The Morgan fingerprint density at radius 2 is 2.06 bits per heavy atom. The second-order valence-corrected chi connectivity index (χ2v) is 9.10. The molecule has 0 amide bonds. The smallest absolute Gasteiger partial charge is 0.416 e. The summed E-state index contributed by atoms with van der Waals surface area (Å²) in [5, 5.41) is 10.7. The summed E-state index contributed by atoms with van der Waals surface area (Å²) in [7, 11) is 4.21. The second-order valence-electron chi connectivity index (χ2n) is 6.59. The maximum Gasteiger partial charge on any atom is 0.416 e. The third kappa shape index (κ3) is 5.80. The summed E-state index contributed by atoms with van der Waals surface area (Å²) >= 11 is 0. The molecule has 0 aliphatic carbocycles. The fourth-order valence-electron chi connectivity index (χ4n) is 2.85. The van der Waals surface area contributed by atoms with Gasteiger partial charge in [-0.05, 0) is 25.1 Å². The van der Waals surface area contributed by atoms with Gasteiger partial charge in [-0.15, -0.1) is 12.4 Å². The van der Waals surface area contributed by atoms with Gasteiger partial charge >= 0.3 is 12.1 Å². The number of ether oxygens (including phenoxy) is 1. The molecule has 0 spiro atoms. The highest BCUT2D eigenvalue weighted by Crippen LogP contribution is 2.32. The van der Waals surface area contributed by atoms with Crippen LogP contribution in [0.5, 0.6) is 5.75 Å². The Labute approximate surface area is 195 Å². The van der Waals surface area contributed by atoms with Crippen molar-refractivity contribution in [1.82, 2.24) is 9.97 Å². The average molecular weight is 509 g/mol. The molecule has 3 rings (SSSR count). The summed E-state index contributed by atoms with van der Waals surface area (Å²) in [6, 6.07) is 3.99. The van der Waals surface area contributed by atoms with Gasteiger partial charge in [0, 0.05) is 17.4 Å². The number of carboxylic acid groups (broad SMARTS) is 1. The molecule has 2 heterocycles. The number of nitrogens with one attached hydrogen (secondary N) is 1. The minimum absolute atomic E-state index is 0. The van der Waals surface area contributed by atoms with Crippen LogP contribution in [-0.4, -0.2) is 34.8 Å². The molecule has 0 aliphatic rings. The van der Waals surface area contributed by atoms with Crippen LogP contribution in [0.1, 0.15) is 16.8 Å². The Morgan fingerprint density at radius 1 is 1.34 bits per heavy atom. The van der Waals surface area contributed by atoms with Gasteiger partial charge in [0.2, 0.25) is 0 Å². The number of alkyl halides is 3. The van der Waals surface area contributed by atoms with Gasteiger partial charge in [-0.2, -0.15) is 13.2 Å². The van der Waals surface area contributed by atoms with Crippen molar-refractivity contribution in [2.45, 2.75) is 24.9 Å². The molecule has 13 heteroatoms. The van der Waals surface area contributed by atoms with Crippen molar-refractivity contribution >= 4 is 51.0 Å². The van der Waals surface area contributed by atoms with Gasteiger partial charge < -0.3 is 20.4 Å². The first kappa shape index (κ1) is 26.1. The number of imidazole rings is 1. The highest BCUT2D eigenvalue weighted by atomic mass is 35.5. The van der Waals surface area contributed by atoms with Gasteiger partial charge in [-0.3, -0.25) is 0 Å². The molecule has 0 saturated heterocycles. The maximum absolute atomic E-state index is 13.0. The molecule has 3 N–H and O–H groups in total. The number of hydrogen-bond donors (Lipinski definition) is 2. The third-order valence-electron chi connectivity index (χ3n) is 4.54. The zero-order valence-electron chi connectivity index (χ0n) is 16.9. The van der Waals surface area contributed by atoms with E-state index in [2.05, 4.69) is 9.97 Å². The second kappa shape index (κ2) is 10.6. The minimum Gasteiger partial charge on any atom is -0.548 e. The lowest BCUT2D eigenvalue weighted by Crippen LogP contribution is -2.43. The van der Waals surface area contributed by atoms with Crippen molar-refractivity contribution in [2.24, 2.45) is 5.73 Å². The number of fused-ring (bicyclic) bond motifs is 1. The zero-order chi connectivity index (χ0) is 22.8. The van der Waals surface area contributed by atoms with E-state index >= 15 is 0 Å². The van der Waals surface area contributed by atoms with E-state index in [1.165, 1.54) is 34.8 Å². The number of hydrogen-bond acceptors (Lipinski definition) is 7. The Morgan fingerprint density at radius 3 is 2.69 bits per heavy atom. The van der Waals surface area contributed by atoms with Crippen LogP contribution in [0.25, 0.3) is 17.0 Å². The van der Waals surface area contributed by atoms with E-state index in [0.717, 1.165) is 23.4 Å². The molecule has 2 aromatic heterocycles. The molecule has 0 saturated carbocycles. The molecule has 7 nitrogen and oxygen atoms in total. The molecular formula is C19H20ClF3N4O3S2. The van der Waals surface area contributed by atoms with Crippen LogP contribution >= 0.6 is 34.0 Å². The molecule has 0 radical (unpaired) electrons. The highest BCUT2D eigenvalue weighted by molar-refractivity contribution is 8.76. The first-order chi connectivity index (χ1) is 14.6. The zero-order valence-corrected chi connectivity index (χ0v) is 19.4. The van der Waals surface area contributed by atoms with E-state index in [0.29, 0.717) is 23.0 Å². The number of carboxylic acids is 1. The molecule has 1 unspecified atom stereocenters. The molecule has 0 aliphatic heterocycles. The summed E-state index contributed by atoms with van der Waals surface area (Å²) in [6.45, 7) is 1.85. The number of aliphatic carboxylic acids is 1. The van der Waals surface area contributed by atoms with Gasteiger partial charge in [0.25, 0.3) is 0 Å². The van der Waals surface area contributed by atoms with Gasteiger partial charge in [0.05, 0.1) is 36.6 Å². The number of halogens is 4. The number of carbonyl (C=O) groups excluding carboxylic acids is 1. The standard InChI is InChI=1S/C19H19F3N4O3S2.ClH/c1-10-15(9-31-30-8-12(23)17(27)28)26(6-5-16(10)29-2)18-24-13-4-3-11(19(20,21)22)7-14(13)25-18;/h3-7,12H,8-9,23H2,1-2H3,(H-,24,25,27,28);1H. The van der Waals surface area contributed by atoms with Crippen LogP contribution in [0.4, 0.5) is 13.2 Å². The van der Waals surface area contributed by atoms with Crippen LogP contribution < -0.4 is 20.1 Å². The monoisotopic (exact) mass is 508 g/mol. The van der Waals surface area contributed by atoms with Crippen molar-refractivity contribution in [3.63, 3.8) is 0 Å². The maximum atomic E-state index is 13.0. The number of carbonyl (C=O) groups is 1. The van der Waals surface area contributed by atoms with Crippen molar-refractivity contribution < 1.29 is 32.4 Å². The van der Waals surface area contributed by atoms with Crippen molar-refractivity contribution in [2.75, 3.05) is 12.9 Å². The summed E-state index contributed by atoms with van der Waals surface area (Å²) in [5.74, 6) is 0.284. The fourth-order valence-corrected chi connectivity index (χ4v) is 5.09. The summed E-state index contributed by atoms with van der Waals surface area (Å²) < 4.78 is 46.2. The fraction of sp³-hybridized carbons (Fsp3) is 0.316. The first-order valence-corrected chi connectivity index (χ1v) is 11.5. The normalized spacial score (nSPS) is 12.4. The van der Waals surface area contributed by atoms with Crippen molar-refractivity contribution in [3.8, 4) is 11.7 Å². The lowest BCUT2D eigenvalue weighted by molar-refractivity contribution is -0.610. The molecule has 1 atom stereocenters. The number of nitrogens with two attached hydrogens (primary N) is 1. The number of aromatic amines is 1. The number of rotatable bonds is 8. The quantitative estimate of drug-likeness (QED) is 0.273. The molecule has 3 aromatic rings. The van der Waals surface area contributed by atoms with Crippen LogP contribution in [0.15, 0.2) is 30.5 Å². The van der Waals surface area contributed by atoms with Crippen LogP contribution in [0, 0.1) is 6.92 Å². The highest BCUT2D eigenvalue weighted by Gasteiger charge is 2.32. The number of pyridine rings is 1. The lowest BCUT2D eigenvalue weighted by Gasteiger charge is -2.13. The number of methoxy groups -OCH3 is 1. The predicted molar refractivity (Wildman–Crippen MR) is 118 cm³/mol. The Hall–Kier alpha value is -2.15. The van der Waals surface area contributed by atoms with E-state index in [4.69, 9.17) is 10.5 Å². The van der Waals surface area contributed by atoms with Gasteiger partial charge in [0.15, 0.2) is 5.52 Å². The van der Waals surface area contributed by atoms with Crippen LogP contribution in [-0.2, 0) is 16.7 Å². The number of aromatic nitrogens is 3. The van der Waals surface area contributed by atoms with E-state index in [9.17, 15) is 23.1 Å². The topological polar surface area (TPSA) is 108 Å². The third-order valence-corrected chi connectivity index (χ3v) is 6.86. The summed E-state index contributed by atoms with van der Waals surface area (Å²) in [4.78, 5) is 18.1. The Bertz CT molecular complexity index is 1110. The number of nitrogens with zero attached hydrogens (tertiary/aromatic N) is 2. The molecular weight excluding hydrogens is 489 g/mol. The van der Waals surface area contributed by atoms with Gasteiger partial charge in [0.1, 0.15) is 17.0 Å². The van der Waals surface area contributed by atoms with Crippen molar-refractivity contribution in [1.29, 1.82) is 0 Å². The molecule has 0 fully saturated rings. The van der Waals surface area contributed by atoms with E-state index in [1.54, 1.807) is 16.8 Å². The van der Waals surface area contributed by atoms with Gasteiger partial charge in [-0.25, -0.2) is 9.55 Å².